The first-order valence-corrected chi connectivity index (χ1v) is 7.89. The largest absolute Gasteiger partial charge is 0.383 e. The highest BCUT2D eigenvalue weighted by Crippen LogP contribution is 2.17. The number of carbonyl (C=O) groups excluding carboxylic acids is 1. The third-order valence-corrected chi connectivity index (χ3v) is 3.95. The highest BCUT2D eigenvalue weighted by Gasteiger charge is 2.24. The van der Waals surface area contributed by atoms with Crippen molar-refractivity contribution in [2.24, 2.45) is 5.14 Å². The summed E-state index contributed by atoms with van der Waals surface area (Å²) in [6.07, 6.45) is 0. The molecule has 1 rings (SSSR count). The second kappa shape index (κ2) is 6.97. The summed E-state index contributed by atoms with van der Waals surface area (Å²) in [5.74, 6) is -1.40. The molecule has 1 aromatic carbocycles. The van der Waals surface area contributed by atoms with Gasteiger partial charge in [-0.2, -0.15) is 0 Å². The molecule has 0 heterocycles. The molecule has 0 fully saturated rings. The number of benzene rings is 1. The van der Waals surface area contributed by atoms with E-state index in [9.17, 15) is 17.6 Å². The maximum atomic E-state index is 13.8. The van der Waals surface area contributed by atoms with Crippen LogP contribution in [0.15, 0.2) is 23.1 Å². The first-order valence-electron chi connectivity index (χ1n) is 6.34. The van der Waals surface area contributed by atoms with Crippen LogP contribution in [0.3, 0.4) is 0 Å². The first-order chi connectivity index (χ1) is 9.72. The van der Waals surface area contributed by atoms with E-state index in [0.29, 0.717) is 6.54 Å². The van der Waals surface area contributed by atoms with Crippen molar-refractivity contribution in [2.75, 3.05) is 20.3 Å². The fraction of sp³-hybridized carbons (Fsp3) is 0.462. The second-order valence-corrected chi connectivity index (χ2v) is 6.14. The molecule has 0 bridgehead atoms. The van der Waals surface area contributed by atoms with Gasteiger partial charge in [0.05, 0.1) is 23.1 Å². The third kappa shape index (κ3) is 4.23. The lowest BCUT2D eigenvalue weighted by Gasteiger charge is -2.27. The molecule has 0 aliphatic heterocycles. The molecule has 0 spiro atoms. The van der Waals surface area contributed by atoms with Crippen LogP contribution < -0.4 is 5.14 Å². The SMILES string of the molecule is CCN(C(=O)c1cc(S(N)(=O)=O)ccc1F)C(C)COC. The van der Waals surface area contributed by atoms with Gasteiger partial charge in [0, 0.05) is 13.7 Å². The van der Waals surface area contributed by atoms with E-state index in [-0.39, 0.29) is 23.1 Å². The van der Waals surface area contributed by atoms with Crippen molar-refractivity contribution in [1.29, 1.82) is 0 Å². The predicted octanol–water partition coefficient (Wildman–Crippen LogP) is 0.970. The molecule has 1 unspecified atom stereocenters. The smallest absolute Gasteiger partial charge is 0.257 e. The molecular formula is C13H19FN2O4S. The highest BCUT2D eigenvalue weighted by molar-refractivity contribution is 7.89. The quantitative estimate of drug-likeness (QED) is 0.846. The van der Waals surface area contributed by atoms with E-state index >= 15 is 0 Å². The van der Waals surface area contributed by atoms with Crippen molar-refractivity contribution in [1.82, 2.24) is 4.90 Å². The molecule has 2 N–H and O–H groups in total. The van der Waals surface area contributed by atoms with E-state index in [1.165, 1.54) is 12.0 Å². The molecule has 1 atom stereocenters. The van der Waals surface area contributed by atoms with Gasteiger partial charge in [0.1, 0.15) is 5.82 Å². The molecule has 6 nitrogen and oxygen atoms in total. The van der Waals surface area contributed by atoms with Gasteiger partial charge < -0.3 is 9.64 Å². The van der Waals surface area contributed by atoms with Crippen molar-refractivity contribution in [3.8, 4) is 0 Å². The maximum absolute atomic E-state index is 13.8. The van der Waals surface area contributed by atoms with Gasteiger partial charge in [0.2, 0.25) is 10.0 Å². The highest BCUT2D eigenvalue weighted by atomic mass is 32.2. The summed E-state index contributed by atoms with van der Waals surface area (Å²) in [5.41, 5.74) is -0.327. The minimum absolute atomic E-state index is 0.273. The van der Waals surface area contributed by atoms with Crippen molar-refractivity contribution >= 4 is 15.9 Å². The van der Waals surface area contributed by atoms with Gasteiger partial charge >= 0.3 is 0 Å². The van der Waals surface area contributed by atoms with Gasteiger partial charge in [-0.25, -0.2) is 17.9 Å². The second-order valence-electron chi connectivity index (χ2n) is 4.58. The van der Waals surface area contributed by atoms with Gasteiger partial charge in [-0.05, 0) is 32.0 Å². The minimum atomic E-state index is -4.00. The molecule has 118 valence electrons. The number of rotatable bonds is 6. The standard InChI is InChI=1S/C13H19FN2O4S/c1-4-16(9(2)8-20-3)13(17)11-7-10(21(15,18)19)5-6-12(11)14/h5-7,9H,4,8H2,1-3H3,(H2,15,18,19). The molecule has 0 aliphatic rings. The fourth-order valence-corrected chi connectivity index (χ4v) is 2.53. The van der Waals surface area contributed by atoms with Gasteiger partial charge in [-0.1, -0.05) is 0 Å². The summed E-state index contributed by atoms with van der Waals surface area (Å²) in [5, 5.41) is 5.00. The van der Waals surface area contributed by atoms with E-state index in [0.717, 1.165) is 18.2 Å². The van der Waals surface area contributed by atoms with E-state index in [2.05, 4.69) is 0 Å². The van der Waals surface area contributed by atoms with Gasteiger partial charge in [-0.15, -0.1) is 0 Å². The Hall–Kier alpha value is -1.51. The fourth-order valence-electron chi connectivity index (χ4n) is 1.99. The molecule has 0 radical (unpaired) electrons. The minimum Gasteiger partial charge on any atom is -0.383 e. The Kier molecular flexibility index (Phi) is 5.82. The number of primary sulfonamides is 1. The zero-order chi connectivity index (χ0) is 16.2. The summed E-state index contributed by atoms with van der Waals surface area (Å²) in [6, 6.07) is 2.62. The Morgan fingerprint density at radius 2 is 2.10 bits per heavy atom. The number of likely N-dealkylation sites (N-methyl/N-ethyl adjacent to an activating group) is 1. The van der Waals surface area contributed by atoms with Crippen LogP contribution >= 0.6 is 0 Å². The zero-order valence-electron chi connectivity index (χ0n) is 12.2. The number of amides is 1. The number of hydrogen-bond acceptors (Lipinski definition) is 4. The van der Waals surface area contributed by atoms with Crippen LogP contribution in [0, 0.1) is 5.82 Å². The lowest BCUT2D eigenvalue weighted by molar-refractivity contribution is 0.0574. The first kappa shape index (κ1) is 17.5. The summed E-state index contributed by atoms with van der Waals surface area (Å²) < 4.78 is 41.4. The number of nitrogens with two attached hydrogens (primary N) is 1. The molecule has 0 saturated heterocycles. The van der Waals surface area contributed by atoms with Crippen molar-refractivity contribution in [3.05, 3.63) is 29.6 Å². The molecule has 1 amide bonds. The number of ether oxygens (including phenoxy) is 1. The van der Waals surface area contributed by atoms with E-state index in [1.807, 2.05) is 0 Å². The van der Waals surface area contributed by atoms with E-state index in [4.69, 9.17) is 9.88 Å². The Morgan fingerprint density at radius 1 is 1.48 bits per heavy atom. The molecule has 0 aromatic heterocycles. The topological polar surface area (TPSA) is 89.7 Å². The summed E-state index contributed by atoms with van der Waals surface area (Å²) in [6.45, 7) is 4.12. The zero-order valence-corrected chi connectivity index (χ0v) is 13.0. The molecule has 21 heavy (non-hydrogen) atoms. The number of hydrogen-bond donors (Lipinski definition) is 1. The van der Waals surface area contributed by atoms with Crippen LogP contribution in [-0.2, 0) is 14.8 Å². The van der Waals surface area contributed by atoms with Gasteiger partial charge in [0.25, 0.3) is 5.91 Å². The number of carbonyl (C=O) groups is 1. The van der Waals surface area contributed by atoms with Crippen molar-refractivity contribution < 1.29 is 22.3 Å². The number of nitrogens with zero attached hydrogens (tertiary/aromatic N) is 1. The van der Waals surface area contributed by atoms with Crippen LogP contribution in [0.4, 0.5) is 4.39 Å². The maximum Gasteiger partial charge on any atom is 0.257 e. The Bertz CT molecular complexity index is 619. The molecular weight excluding hydrogens is 299 g/mol. The van der Waals surface area contributed by atoms with Crippen LogP contribution in [0.2, 0.25) is 0 Å². The predicted molar refractivity (Wildman–Crippen MR) is 75.8 cm³/mol. The normalized spacial score (nSPS) is 13.0. The van der Waals surface area contributed by atoms with Crippen LogP contribution in [0.1, 0.15) is 24.2 Å². The van der Waals surface area contributed by atoms with Crippen LogP contribution in [-0.4, -0.2) is 45.5 Å². The lowest BCUT2D eigenvalue weighted by atomic mass is 10.1. The van der Waals surface area contributed by atoms with Gasteiger partial charge in [-0.3, -0.25) is 4.79 Å². The average molecular weight is 318 g/mol. The summed E-state index contributed by atoms with van der Waals surface area (Å²) >= 11 is 0. The number of halogens is 1. The van der Waals surface area contributed by atoms with Crippen molar-refractivity contribution in [2.45, 2.75) is 24.8 Å². The van der Waals surface area contributed by atoms with Crippen LogP contribution in [0.25, 0.3) is 0 Å². The summed E-state index contributed by atoms with van der Waals surface area (Å²) in [4.78, 5) is 13.5. The lowest BCUT2D eigenvalue weighted by Crippen LogP contribution is -2.41. The number of sulfonamides is 1. The van der Waals surface area contributed by atoms with E-state index < -0.39 is 21.7 Å². The summed E-state index contributed by atoms with van der Waals surface area (Å²) in [7, 11) is -2.50. The Balaban J connectivity index is 3.22. The molecule has 8 heteroatoms. The van der Waals surface area contributed by atoms with E-state index in [1.54, 1.807) is 13.8 Å². The Labute approximate surface area is 123 Å². The number of methoxy groups -OCH3 is 1. The van der Waals surface area contributed by atoms with Crippen LogP contribution in [0.5, 0.6) is 0 Å². The monoisotopic (exact) mass is 318 g/mol. The molecule has 0 aliphatic carbocycles. The average Bonchev–Trinajstić information content (AvgIpc) is 2.38. The Morgan fingerprint density at radius 3 is 2.57 bits per heavy atom. The third-order valence-electron chi connectivity index (χ3n) is 3.04. The molecule has 1 aromatic rings. The molecule has 0 saturated carbocycles. The van der Waals surface area contributed by atoms with Gasteiger partial charge in [0.15, 0.2) is 0 Å². The van der Waals surface area contributed by atoms with Crippen molar-refractivity contribution in [3.63, 3.8) is 0 Å².